The van der Waals surface area contributed by atoms with Gasteiger partial charge in [0, 0.05) is 28.7 Å². The van der Waals surface area contributed by atoms with Crippen LogP contribution >= 0.6 is 0 Å². The number of anilines is 1. The summed E-state index contributed by atoms with van der Waals surface area (Å²) in [6, 6.07) is 12.3. The smallest absolute Gasteiger partial charge is 0.258 e. The average Bonchev–Trinajstić information content (AvgIpc) is 3.37. The first-order valence-corrected chi connectivity index (χ1v) is 8.33. The van der Waals surface area contributed by atoms with Crippen molar-refractivity contribution in [1.29, 1.82) is 5.26 Å². The van der Waals surface area contributed by atoms with Crippen molar-refractivity contribution in [3.05, 3.63) is 52.8 Å². The first-order chi connectivity index (χ1) is 11.6. The predicted octanol–water partition coefficient (Wildman–Crippen LogP) is 3.36. The SMILES string of the molecule is Cc1cc([C@H]2Nc3ccccc3C(=O)N2C2CC2)c(C)n1CC#N. The minimum atomic E-state index is -0.168. The molecule has 1 N–H and O–H groups in total. The molecule has 1 saturated carbocycles. The van der Waals surface area contributed by atoms with E-state index in [0.717, 1.165) is 41.0 Å². The number of amides is 1. The summed E-state index contributed by atoms with van der Waals surface area (Å²) in [7, 11) is 0. The van der Waals surface area contributed by atoms with Crippen molar-refractivity contribution in [2.45, 2.75) is 45.4 Å². The van der Waals surface area contributed by atoms with Gasteiger partial charge in [0.15, 0.2) is 0 Å². The Morgan fingerprint density at radius 2 is 2.04 bits per heavy atom. The third kappa shape index (κ3) is 2.18. The number of para-hydroxylation sites is 1. The Bertz CT molecular complexity index is 857. The molecule has 1 aromatic carbocycles. The number of hydrogen-bond acceptors (Lipinski definition) is 3. The van der Waals surface area contributed by atoms with Gasteiger partial charge in [-0.3, -0.25) is 4.79 Å². The van der Waals surface area contributed by atoms with Crippen LogP contribution in [0.4, 0.5) is 5.69 Å². The van der Waals surface area contributed by atoms with Gasteiger partial charge in [-0.25, -0.2) is 0 Å². The summed E-state index contributed by atoms with van der Waals surface area (Å²) < 4.78 is 2.01. The molecule has 0 bridgehead atoms. The number of rotatable bonds is 3. The number of fused-ring (bicyclic) bond motifs is 1. The third-order valence-corrected chi connectivity index (χ3v) is 5.04. The summed E-state index contributed by atoms with van der Waals surface area (Å²) >= 11 is 0. The Labute approximate surface area is 141 Å². The fraction of sp³-hybridized carbons (Fsp3) is 0.368. The Balaban J connectivity index is 1.81. The van der Waals surface area contributed by atoms with Crippen molar-refractivity contribution >= 4 is 11.6 Å². The van der Waals surface area contributed by atoms with Gasteiger partial charge < -0.3 is 14.8 Å². The topological polar surface area (TPSA) is 61.1 Å². The van der Waals surface area contributed by atoms with E-state index < -0.39 is 0 Å². The molecule has 1 amide bonds. The van der Waals surface area contributed by atoms with Crippen LogP contribution in [0.2, 0.25) is 0 Å². The van der Waals surface area contributed by atoms with Crippen LogP contribution in [0.5, 0.6) is 0 Å². The van der Waals surface area contributed by atoms with Crippen LogP contribution in [0.3, 0.4) is 0 Å². The van der Waals surface area contributed by atoms with Crippen LogP contribution in [0, 0.1) is 25.2 Å². The molecule has 1 aromatic heterocycles. The Morgan fingerprint density at radius 3 is 2.75 bits per heavy atom. The molecule has 2 aromatic rings. The Hall–Kier alpha value is -2.74. The second-order valence-electron chi connectivity index (χ2n) is 6.61. The second-order valence-corrected chi connectivity index (χ2v) is 6.61. The van der Waals surface area contributed by atoms with Gasteiger partial charge in [-0.2, -0.15) is 5.26 Å². The maximum atomic E-state index is 13.0. The van der Waals surface area contributed by atoms with E-state index in [-0.39, 0.29) is 12.1 Å². The number of nitrogens with zero attached hydrogens (tertiary/aromatic N) is 3. The van der Waals surface area contributed by atoms with Crippen LogP contribution in [0.25, 0.3) is 0 Å². The molecule has 2 aliphatic rings. The number of nitriles is 1. The van der Waals surface area contributed by atoms with Gasteiger partial charge in [0.2, 0.25) is 0 Å². The zero-order valence-corrected chi connectivity index (χ0v) is 13.9. The number of aryl methyl sites for hydroxylation is 1. The zero-order valence-electron chi connectivity index (χ0n) is 13.9. The number of carbonyl (C=O) groups excluding carboxylic acids is 1. The minimum Gasteiger partial charge on any atom is -0.361 e. The highest BCUT2D eigenvalue weighted by Gasteiger charge is 2.42. The molecular weight excluding hydrogens is 300 g/mol. The van der Waals surface area contributed by atoms with Crippen LogP contribution in [0.15, 0.2) is 30.3 Å². The van der Waals surface area contributed by atoms with E-state index in [4.69, 9.17) is 5.26 Å². The van der Waals surface area contributed by atoms with Gasteiger partial charge >= 0.3 is 0 Å². The van der Waals surface area contributed by atoms with Crippen molar-refractivity contribution in [2.75, 3.05) is 5.32 Å². The largest absolute Gasteiger partial charge is 0.361 e. The monoisotopic (exact) mass is 320 g/mol. The first kappa shape index (κ1) is 14.8. The standard InChI is InChI=1S/C19H20N4O/c1-12-11-16(13(2)22(12)10-9-20)18-21-17-6-4-3-5-15(17)19(24)23(18)14-7-8-14/h3-6,11,14,18,21H,7-8,10H2,1-2H3/t18-/m0/s1. The fourth-order valence-electron chi connectivity index (χ4n) is 3.64. The molecule has 5 heteroatoms. The van der Waals surface area contributed by atoms with Crippen LogP contribution < -0.4 is 5.32 Å². The molecule has 4 rings (SSSR count). The number of benzene rings is 1. The van der Waals surface area contributed by atoms with Crippen LogP contribution in [-0.2, 0) is 6.54 Å². The molecule has 1 aliphatic carbocycles. The maximum Gasteiger partial charge on any atom is 0.258 e. The third-order valence-electron chi connectivity index (χ3n) is 5.04. The van der Waals surface area contributed by atoms with Crippen molar-refractivity contribution in [2.24, 2.45) is 0 Å². The lowest BCUT2D eigenvalue weighted by Gasteiger charge is -2.38. The normalized spacial score (nSPS) is 19.6. The highest BCUT2D eigenvalue weighted by Crippen LogP contribution is 2.41. The van der Waals surface area contributed by atoms with Gasteiger partial charge in [-0.1, -0.05) is 12.1 Å². The van der Waals surface area contributed by atoms with E-state index in [0.29, 0.717) is 12.6 Å². The molecule has 1 atom stereocenters. The predicted molar refractivity (Wildman–Crippen MR) is 91.5 cm³/mol. The minimum absolute atomic E-state index is 0.0990. The number of nitrogens with one attached hydrogen (secondary N) is 1. The van der Waals surface area contributed by atoms with E-state index in [1.165, 1.54) is 0 Å². The first-order valence-electron chi connectivity index (χ1n) is 8.33. The summed E-state index contributed by atoms with van der Waals surface area (Å²) in [6.45, 7) is 4.36. The lowest BCUT2D eigenvalue weighted by molar-refractivity contribution is 0.0666. The van der Waals surface area contributed by atoms with Crippen molar-refractivity contribution in [3.63, 3.8) is 0 Å². The summed E-state index contributed by atoms with van der Waals surface area (Å²) in [6.07, 6.45) is 1.95. The summed E-state index contributed by atoms with van der Waals surface area (Å²) in [5.74, 6) is 0.0990. The highest BCUT2D eigenvalue weighted by atomic mass is 16.2. The molecule has 2 heterocycles. The number of aromatic nitrogens is 1. The molecule has 1 fully saturated rings. The molecular formula is C19H20N4O. The lowest BCUT2D eigenvalue weighted by Crippen LogP contribution is -2.44. The number of hydrogen-bond donors (Lipinski definition) is 1. The van der Waals surface area contributed by atoms with Gasteiger partial charge in [0.25, 0.3) is 5.91 Å². The Kier molecular flexibility index (Phi) is 3.34. The number of carbonyl (C=O) groups is 1. The summed E-state index contributed by atoms with van der Waals surface area (Å²) in [5.41, 5.74) is 4.80. The van der Waals surface area contributed by atoms with Gasteiger partial charge in [0.05, 0.1) is 11.6 Å². The molecule has 0 unspecified atom stereocenters. The van der Waals surface area contributed by atoms with E-state index in [9.17, 15) is 4.79 Å². The quantitative estimate of drug-likeness (QED) is 0.943. The van der Waals surface area contributed by atoms with Gasteiger partial charge in [0.1, 0.15) is 12.7 Å². The zero-order chi connectivity index (χ0) is 16.8. The van der Waals surface area contributed by atoms with E-state index in [2.05, 4.69) is 17.5 Å². The summed E-state index contributed by atoms with van der Waals surface area (Å²) in [5, 5.41) is 12.6. The van der Waals surface area contributed by atoms with E-state index >= 15 is 0 Å². The van der Waals surface area contributed by atoms with E-state index in [1.54, 1.807) is 0 Å². The molecule has 0 saturated heterocycles. The molecule has 122 valence electrons. The van der Waals surface area contributed by atoms with Crippen molar-refractivity contribution < 1.29 is 4.79 Å². The van der Waals surface area contributed by atoms with Crippen LogP contribution in [-0.4, -0.2) is 21.4 Å². The highest BCUT2D eigenvalue weighted by molar-refractivity contribution is 6.02. The van der Waals surface area contributed by atoms with E-state index in [1.807, 2.05) is 47.6 Å². The molecule has 24 heavy (non-hydrogen) atoms. The maximum absolute atomic E-state index is 13.0. The average molecular weight is 320 g/mol. The Morgan fingerprint density at radius 1 is 1.29 bits per heavy atom. The molecule has 5 nitrogen and oxygen atoms in total. The molecule has 1 aliphatic heterocycles. The van der Waals surface area contributed by atoms with Gasteiger partial charge in [-0.05, 0) is 44.9 Å². The fourth-order valence-corrected chi connectivity index (χ4v) is 3.64. The van der Waals surface area contributed by atoms with Gasteiger partial charge in [-0.15, -0.1) is 0 Å². The van der Waals surface area contributed by atoms with Crippen LogP contribution in [0.1, 0.15) is 46.3 Å². The molecule has 0 radical (unpaired) electrons. The lowest BCUT2D eigenvalue weighted by atomic mass is 10.0. The second kappa shape index (κ2) is 5.41. The molecule has 0 spiro atoms. The van der Waals surface area contributed by atoms with Crippen molar-refractivity contribution in [1.82, 2.24) is 9.47 Å². The van der Waals surface area contributed by atoms with Crippen molar-refractivity contribution in [3.8, 4) is 6.07 Å². The summed E-state index contributed by atoms with van der Waals surface area (Å²) in [4.78, 5) is 15.0.